The van der Waals surface area contributed by atoms with Crippen LogP contribution in [-0.2, 0) is 6.54 Å². The van der Waals surface area contributed by atoms with Gasteiger partial charge in [-0.2, -0.15) is 0 Å². The van der Waals surface area contributed by atoms with Gasteiger partial charge in [-0.05, 0) is 30.7 Å². The van der Waals surface area contributed by atoms with Crippen LogP contribution in [-0.4, -0.2) is 54.5 Å². The fourth-order valence-corrected chi connectivity index (χ4v) is 4.30. The summed E-state index contributed by atoms with van der Waals surface area (Å²) in [5, 5.41) is 0. The quantitative estimate of drug-likeness (QED) is 0.561. The number of hydrogen-bond donors (Lipinski definition) is 0. The first-order chi connectivity index (χ1) is 16.1. The van der Waals surface area contributed by atoms with Gasteiger partial charge in [0.05, 0.1) is 5.56 Å². The zero-order chi connectivity index (χ0) is 22.8. The number of carbonyl (C=O) groups is 2. The first kappa shape index (κ1) is 21.2. The van der Waals surface area contributed by atoms with Gasteiger partial charge in [0, 0.05) is 43.9 Å². The molecule has 0 bridgehead atoms. The summed E-state index contributed by atoms with van der Waals surface area (Å²) >= 11 is 0. The van der Waals surface area contributed by atoms with Gasteiger partial charge in [-0.15, -0.1) is 0 Å². The zero-order valence-corrected chi connectivity index (χ0v) is 18.6. The van der Waals surface area contributed by atoms with Gasteiger partial charge in [0.1, 0.15) is 0 Å². The van der Waals surface area contributed by atoms with Crippen molar-refractivity contribution in [3.8, 4) is 11.5 Å². The van der Waals surface area contributed by atoms with Crippen LogP contribution in [0.2, 0.25) is 0 Å². The molecule has 0 aromatic heterocycles. The van der Waals surface area contributed by atoms with Crippen molar-refractivity contribution in [1.29, 1.82) is 0 Å². The van der Waals surface area contributed by atoms with Crippen molar-refractivity contribution in [1.82, 2.24) is 9.80 Å². The molecule has 3 aromatic carbocycles. The van der Waals surface area contributed by atoms with E-state index in [9.17, 15) is 9.59 Å². The lowest BCUT2D eigenvalue weighted by Crippen LogP contribution is -2.48. The molecule has 1 amide bonds. The van der Waals surface area contributed by atoms with Crippen molar-refractivity contribution >= 4 is 11.7 Å². The minimum absolute atomic E-state index is 0.0891. The number of fused-ring (bicyclic) bond motifs is 1. The monoisotopic (exact) mass is 442 g/mol. The molecule has 2 aliphatic heterocycles. The molecule has 168 valence electrons. The van der Waals surface area contributed by atoms with Crippen LogP contribution in [0.25, 0.3) is 0 Å². The highest BCUT2D eigenvalue weighted by Crippen LogP contribution is 2.33. The van der Waals surface area contributed by atoms with E-state index in [0.717, 1.165) is 42.3 Å². The Labute approximate surface area is 193 Å². The Hall–Kier alpha value is -3.64. The van der Waals surface area contributed by atoms with Crippen molar-refractivity contribution < 1.29 is 19.1 Å². The summed E-state index contributed by atoms with van der Waals surface area (Å²) in [6.45, 7) is 5.84. The van der Waals surface area contributed by atoms with E-state index >= 15 is 0 Å². The fraction of sp³-hybridized carbons (Fsp3) is 0.259. The van der Waals surface area contributed by atoms with Gasteiger partial charge < -0.3 is 14.4 Å². The summed E-state index contributed by atoms with van der Waals surface area (Å²) < 4.78 is 10.9. The van der Waals surface area contributed by atoms with Crippen molar-refractivity contribution in [2.24, 2.45) is 0 Å². The number of benzene rings is 3. The molecular formula is C27H26N2O4. The average molecular weight is 443 g/mol. The number of piperazine rings is 1. The Morgan fingerprint density at radius 2 is 1.52 bits per heavy atom. The lowest BCUT2D eigenvalue weighted by molar-refractivity contribution is 0.0625. The van der Waals surface area contributed by atoms with Gasteiger partial charge in [-0.1, -0.05) is 54.1 Å². The number of nitrogens with zero attached hydrogens (tertiary/aromatic N) is 2. The van der Waals surface area contributed by atoms with Crippen molar-refractivity contribution in [2.45, 2.75) is 13.5 Å². The molecule has 0 atom stereocenters. The van der Waals surface area contributed by atoms with E-state index in [1.165, 1.54) is 0 Å². The average Bonchev–Trinajstić information content (AvgIpc) is 3.32. The predicted molar refractivity (Wildman–Crippen MR) is 125 cm³/mol. The van der Waals surface area contributed by atoms with Crippen LogP contribution in [0, 0.1) is 6.92 Å². The fourth-order valence-electron chi connectivity index (χ4n) is 4.30. The number of hydrogen-bond acceptors (Lipinski definition) is 5. The largest absolute Gasteiger partial charge is 0.454 e. The third kappa shape index (κ3) is 4.47. The maximum absolute atomic E-state index is 13.3. The van der Waals surface area contributed by atoms with Crippen molar-refractivity contribution in [3.63, 3.8) is 0 Å². The summed E-state index contributed by atoms with van der Waals surface area (Å²) in [6.07, 6.45) is 0. The van der Waals surface area contributed by atoms with E-state index in [1.807, 2.05) is 60.4 Å². The molecule has 0 radical (unpaired) electrons. The Morgan fingerprint density at radius 1 is 0.818 bits per heavy atom. The molecule has 2 aliphatic rings. The maximum Gasteiger partial charge on any atom is 0.254 e. The first-order valence-corrected chi connectivity index (χ1v) is 11.2. The van der Waals surface area contributed by atoms with Crippen LogP contribution in [0.1, 0.15) is 37.4 Å². The highest BCUT2D eigenvalue weighted by atomic mass is 16.7. The number of ether oxygens (including phenoxy) is 2. The van der Waals surface area contributed by atoms with Crippen LogP contribution in [0.5, 0.6) is 11.5 Å². The van der Waals surface area contributed by atoms with Gasteiger partial charge in [0.15, 0.2) is 17.3 Å². The first-order valence-electron chi connectivity index (χ1n) is 11.2. The summed E-state index contributed by atoms with van der Waals surface area (Å²) in [7, 11) is 0. The van der Waals surface area contributed by atoms with E-state index in [2.05, 4.69) is 11.0 Å². The van der Waals surface area contributed by atoms with Gasteiger partial charge in [0.25, 0.3) is 5.91 Å². The molecule has 5 rings (SSSR count). The van der Waals surface area contributed by atoms with E-state index in [1.54, 1.807) is 12.1 Å². The van der Waals surface area contributed by atoms with Crippen LogP contribution in [0.3, 0.4) is 0 Å². The Morgan fingerprint density at radius 3 is 2.27 bits per heavy atom. The van der Waals surface area contributed by atoms with Gasteiger partial charge in [-0.3, -0.25) is 14.5 Å². The second kappa shape index (κ2) is 9.08. The molecule has 6 nitrogen and oxygen atoms in total. The molecule has 6 heteroatoms. The van der Waals surface area contributed by atoms with Crippen LogP contribution in [0.15, 0.2) is 66.7 Å². The van der Waals surface area contributed by atoms with Crippen LogP contribution >= 0.6 is 0 Å². The van der Waals surface area contributed by atoms with E-state index in [4.69, 9.17) is 9.47 Å². The van der Waals surface area contributed by atoms with E-state index in [0.29, 0.717) is 29.8 Å². The third-order valence-corrected chi connectivity index (χ3v) is 6.22. The maximum atomic E-state index is 13.3. The number of ketones is 1. The van der Waals surface area contributed by atoms with E-state index < -0.39 is 0 Å². The van der Waals surface area contributed by atoms with Crippen molar-refractivity contribution in [2.75, 3.05) is 33.0 Å². The standard InChI is InChI=1S/C27H26N2O4/c1-19-6-9-21(10-7-19)26(30)22-4-2-3-5-23(22)27(31)29-14-12-28(13-15-29)17-20-8-11-24-25(16-20)33-18-32-24/h2-11,16H,12-15,17-18H2,1H3. The molecule has 0 saturated carbocycles. The third-order valence-electron chi connectivity index (χ3n) is 6.22. The summed E-state index contributed by atoms with van der Waals surface area (Å²) in [4.78, 5) is 30.6. The van der Waals surface area contributed by atoms with Gasteiger partial charge >= 0.3 is 0 Å². The summed E-state index contributed by atoms with van der Waals surface area (Å²) in [5.74, 6) is 1.36. The summed E-state index contributed by atoms with van der Waals surface area (Å²) in [6, 6.07) is 20.6. The molecule has 0 N–H and O–H groups in total. The molecule has 1 fully saturated rings. The highest BCUT2D eigenvalue weighted by molar-refractivity contribution is 6.15. The van der Waals surface area contributed by atoms with Crippen molar-refractivity contribution in [3.05, 3.63) is 94.5 Å². The Balaban J connectivity index is 1.25. The highest BCUT2D eigenvalue weighted by Gasteiger charge is 2.26. The topological polar surface area (TPSA) is 59.1 Å². The predicted octanol–water partition coefficient (Wildman–Crippen LogP) is 3.91. The number of rotatable bonds is 5. The minimum atomic E-state index is -0.125. The molecule has 0 aliphatic carbocycles. The lowest BCUT2D eigenvalue weighted by Gasteiger charge is -2.35. The second-order valence-electron chi connectivity index (χ2n) is 8.50. The number of amides is 1. The van der Waals surface area contributed by atoms with Gasteiger partial charge in [0.2, 0.25) is 6.79 Å². The van der Waals surface area contributed by atoms with Crippen LogP contribution in [0.4, 0.5) is 0 Å². The minimum Gasteiger partial charge on any atom is -0.454 e. The zero-order valence-electron chi connectivity index (χ0n) is 18.6. The molecule has 3 aromatic rings. The number of carbonyl (C=O) groups excluding carboxylic acids is 2. The SMILES string of the molecule is Cc1ccc(C(=O)c2ccccc2C(=O)N2CCN(Cc3ccc4c(c3)OCO4)CC2)cc1. The molecule has 1 saturated heterocycles. The molecule has 2 heterocycles. The normalized spacial score (nSPS) is 15.5. The Kier molecular flexibility index (Phi) is 5.84. The molecule has 0 unspecified atom stereocenters. The van der Waals surface area contributed by atoms with Gasteiger partial charge in [-0.25, -0.2) is 0 Å². The van der Waals surface area contributed by atoms with E-state index in [-0.39, 0.29) is 18.5 Å². The summed E-state index contributed by atoms with van der Waals surface area (Å²) in [5.41, 5.74) is 3.76. The molecule has 0 spiro atoms. The Bertz CT molecular complexity index is 1180. The lowest BCUT2D eigenvalue weighted by atomic mass is 9.97. The smallest absolute Gasteiger partial charge is 0.254 e. The molecule has 33 heavy (non-hydrogen) atoms. The second-order valence-corrected chi connectivity index (χ2v) is 8.50. The van der Waals surface area contributed by atoms with Crippen LogP contribution < -0.4 is 9.47 Å². The molecular weight excluding hydrogens is 416 g/mol. The number of aryl methyl sites for hydroxylation is 1.